The van der Waals surface area contributed by atoms with Crippen LogP contribution in [0.15, 0.2) is 18.3 Å². The summed E-state index contributed by atoms with van der Waals surface area (Å²) in [6.45, 7) is 4.11. The number of nitrogens with two attached hydrogens (primary N) is 1. The largest absolute Gasteiger partial charge is 0.466 e. The Kier molecular flexibility index (Phi) is 4.24. The lowest BCUT2D eigenvalue weighted by molar-refractivity contribution is -0.143. The monoisotopic (exact) mass is 208 g/mol. The minimum absolute atomic E-state index is 0.171. The third-order valence-electron chi connectivity index (χ3n) is 2.01. The van der Waals surface area contributed by atoms with Crippen LogP contribution in [0.4, 0.5) is 0 Å². The molecular formula is C11H16N2O2. The minimum atomic E-state index is -0.385. The van der Waals surface area contributed by atoms with Gasteiger partial charge in [0.05, 0.1) is 24.8 Å². The van der Waals surface area contributed by atoms with Crippen LogP contribution in [0.25, 0.3) is 0 Å². The summed E-state index contributed by atoms with van der Waals surface area (Å²) in [7, 11) is 0. The van der Waals surface area contributed by atoms with Gasteiger partial charge in [-0.2, -0.15) is 0 Å². The molecule has 1 aromatic heterocycles. The molecule has 15 heavy (non-hydrogen) atoms. The number of esters is 1. The van der Waals surface area contributed by atoms with E-state index < -0.39 is 0 Å². The van der Waals surface area contributed by atoms with Crippen molar-refractivity contribution in [3.63, 3.8) is 0 Å². The molecule has 1 aromatic rings. The lowest BCUT2D eigenvalue weighted by Gasteiger charge is -2.10. The molecule has 0 amide bonds. The van der Waals surface area contributed by atoms with Crippen LogP contribution >= 0.6 is 0 Å². The van der Waals surface area contributed by atoms with E-state index >= 15 is 0 Å². The van der Waals surface area contributed by atoms with Crippen molar-refractivity contribution < 1.29 is 9.53 Å². The average Bonchev–Trinajstić information content (AvgIpc) is 2.18. The molecule has 1 atom stereocenters. The molecule has 82 valence electrons. The molecule has 0 aliphatic heterocycles. The van der Waals surface area contributed by atoms with Crippen molar-refractivity contribution in [3.8, 4) is 0 Å². The van der Waals surface area contributed by atoms with E-state index in [9.17, 15) is 4.79 Å². The Morgan fingerprint density at radius 2 is 2.33 bits per heavy atom. The number of aryl methyl sites for hydroxylation is 1. The number of hydrogen-bond donors (Lipinski definition) is 1. The first-order chi connectivity index (χ1) is 7.13. The van der Waals surface area contributed by atoms with Crippen LogP contribution in [0.3, 0.4) is 0 Å². The zero-order valence-electron chi connectivity index (χ0n) is 9.06. The van der Waals surface area contributed by atoms with Crippen molar-refractivity contribution in [1.29, 1.82) is 0 Å². The summed E-state index contributed by atoms with van der Waals surface area (Å²) < 4.78 is 4.81. The summed E-state index contributed by atoms with van der Waals surface area (Å²) in [4.78, 5) is 15.3. The minimum Gasteiger partial charge on any atom is -0.466 e. The zero-order chi connectivity index (χ0) is 11.3. The summed E-state index contributed by atoms with van der Waals surface area (Å²) in [6, 6.07) is 3.37. The first-order valence-corrected chi connectivity index (χ1v) is 4.97. The summed E-state index contributed by atoms with van der Waals surface area (Å²) in [5.41, 5.74) is 7.60. The first-order valence-electron chi connectivity index (χ1n) is 4.97. The summed E-state index contributed by atoms with van der Waals surface area (Å²) >= 11 is 0. The number of aromatic nitrogens is 1. The zero-order valence-corrected chi connectivity index (χ0v) is 9.06. The normalized spacial score (nSPS) is 12.2. The molecule has 0 fully saturated rings. The second-order valence-corrected chi connectivity index (χ2v) is 3.38. The van der Waals surface area contributed by atoms with Gasteiger partial charge < -0.3 is 10.5 Å². The van der Waals surface area contributed by atoms with Crippen LogP contribution in [0, 0.1) is 6.92 Å². The molecule has 0 aliphatic carbocycles. The van der Waals surface area contributed by atoms with Crippen LogP contribution < -0.4 is 5.73 Å². The van der Waals surface area contributed by atoms with Gasteiger partial charge in [0.15, 0.2) is 0 Å². The second-order valence-electron chi connectivity index (χ2n) is 3.38. The molecule has 4 nitrogen and oxygen atoms in total. The second kappa shape index (κ2) is 5.46. The maximum Gasteiger partial charge on any atom is 0.307 e. The van der Waals surface area contributed by atoms with Crippen molar-refractivity contribution in [1.82, 2.24) is 4.98 Å². The van der Waals surface area contributed by atoms with E-state index in [0.29, 0.717) is 12.3 Å². The smallest absolute Gasteiger partial charge is 0.307 e. The van der Waals surface area contributed by atoms with Crippen molar-refractivity contribution in [2.24, 2.45) is 5.73 Å². The predicted octanol–water partition coefficient (Wildman–Crippen LogP) is 1.34. The molecule has 1 heterocycles. The lowest BCUT2D eigenvalue weighted by Crippen LogP contribution is -2.18. The van der Waals surface area contributed by atoms with Gasteiger partial charge in [-0.3, -0.25) is 9.78 Å². The van der Waals surface area contributed by atoms with Gasteiger partial charge in [-0.25, -0.2) is 0 Å². The number of hydrogen-bond acceptors (Lipinski definition) is 4. The Labute approximate surface area is 89.5 Å². The van der Waals surface area contributed by atoms with Gasteiger partial charge in [-0.15, -0.1) is 0 Å². The predicted molar refractivity (Wildman–Crippen MR) is 57.2 cm³/mol. The first kappa shape index (κ1) is 11.7. The number of ether oxygens (including phenoxy) is 1. The number of nitrogens with zero attached hydrogens (tertiary/aromatic N) is 1. The van der Waals surface area contributed by atoms with E-state index in [-0.39, 0.29) is 18.4 Å². The fourth-order valence-corrected chi connectivity index (χ4v) is 1.20. The molecule has 4 heteroatoms. The standard InChI is InChI=1S/C11H16N2O2/c1-3-15-11(14)6-9(12)10-5-4-8(2)7-13-10/h4-5,7,9H,3,6,12H2,1-2H3/t9-/m0/s1. The van der Waals surface area contributed by atoms with E-state index in [4.69, 9.17) is 10.5 Å². The molecule has 0 saturated heterocycles. The third-order valence-corrected chi connectivity index (χ3v) is 2.01. The van der Waals surface area contributed by atoms with Gasteiger partial charge in [-0.05, 0) is 25.5 Å². The maximum atomic E-state index is 11.2. The highest BCUT2D eigenvalue weighted by Gasteiger charge is 2.13. The molecular weight excluding hydrogens is 192 g/mol. The Morgan fingerprint density at radius 1 is 1.60 bits per heavy atom. The highest BCUT2D eigenvalue weighted by atomic mass is 16.5. The Hall–Kier alpha value is -1.42. The number of carbonyl (C=O) groups is 1. The Balaban J connectivity index is 2.57. The molecule has 0 aromatic carbocycles. The van der Waals surface area contributed by atoms with Crippen LogP contribution in [-0.4, -0.2) is 17.6 Å². The van der Waals surface area contributed by atoms with Crippen molar-refractivity contribution in [3.05, 3.63) is 29.6 Å². The summed E-state index contributed by atoms with van der Waals surface area (Å²) in [5.74, 6) is -0.285. The fraction of sp³-hybridized carbons (Fsp3) is 0.455. The Morgan fingerprint density at radius 3 is 2.87 bits per heavy atom. The highest BCUT2D eigenvalue weighted by Crippen LogP contribution is 2.12. The number of pyridine rings is 1. The van der Waals surface area contributed by atoms with E-state index in [2.05, 4.69) is 4.98 Å². The lowest BCUT2D eigenvalue weighted by atomic mass is 10.1. The van der Waals surface area contributed by atoms with Gasteiger partial charge in [0.1, 0.15) is 0 Å². The summed E-state index contributed by atoms with van der Waals surface area (Å²) in [6.07, 6.45) is 1.91. The average molecular weight is 208 g/mol. The topological polar surface area (TPSA) is 65.2 Å². The summed E-state index contributed by atoms with van der Waals surface area (Å²) in [5, 5.41) is 0. The van der Waals surface area contributed by atoms with E-state index in [1.807, 2.05) is 19.1 Å². The van der Waals surface area contributed by atoms with Gasteiger partial charge in [0.2, 0.25) is 0 Å². The molecule has 0 saturated carbocycles. The fourth-order valence-electron chi connectivity index (χ4n) is 1.20. The van der Waals surface area contributed by atoms with Gasteiger partial charge in [0.25, 0.3) is 0 Å². The quantitative estimate of drug-likeness (QED) is 0.758. The highest BCUT2D eigenvalue weighted by molar-refractivity contribution is 5.70. The molecule has 0 radical (unpaired) electrons. The molecule has 0 bridgehead atoms. The van der Waals surface area contributed by atoms with Gasteiger partial charge >= 0.3 is 5.97 Å². The number of rotatable bonds is 4. The molecule has 1 rings (SSSR count). The SMILES string of the molecule is CCOC(=O)C[C@H](N)c1ccc(C)cn1. The third kappa shape index (κ3) is 3.67. The molecule has 0 aliphatic rings. The van der Waals surface area contributed by atoms with Crippen LogP contribution in [-0.2, 0) is 9.53 Å². The van der Waals surface area contributed by atoms with Crippen molar-refractivity contribution >= 4 is 5.97 Å². The van der Waals surface area contributed by atoms with Gasteiger partial charge in [-0.1, -0.05) is 6.07 Å². The molecule has 2 N–H and O–H groups in total. The van der Waals surface area contributed by atoms with E-state index in [1.54, 1.807) is 13.1 Å². The van der Waals surface area contributed by atoms with Crippen LogP contribution in [0.2, 0.25) is 0 Å². The number of carbonyl (C=O) groups excluding carboxylic acids is 1. The van der Waals surface area contributed by atoms with Gasteiger partial charge in [0, 0.05) is 6.20 Å². The maximum absolute atomic E-state index is 11.2. The van der Waals surface area contributed by atoms with Crippen LogP contribution in [0.5, 0.6) is 0 Å². The molecule has 0 spiro atoms. The van der Waals surface area contributed by atoms with Crippen LogP contribution in [0.1, 0.15) is 30.6 Å². The Bertz CT molecular complexity index is 322. The van der Waals surface area contributed by atoms with Crippen molar-refractivity contribution in [2.75, 3.05) is 6.61 Å². The van der Waals surface area contributed by atoms with Crippen molar-refractivity contribution in [2.45, 2.75) is 26.3 Å². The van der Waals surface area contributed by atoms with E-state index in [0.717, 1.165) is 5.56 Å². The molecule has 0 unspecified atom stereocenters. The van der Waals surface area contributed by atoms with E-state index in [1.165, 1.54) is 0 Å².